The number of H-pyrrole nitrogens is 1. The van der Waals surface area contributed by atoms with Gasteiger partial charge in [-0.1, -0.05) is 38.1 Å². The number of fused-ring (bicyclic) bond motifs is 3. The average Bonchev–Trinajstić information content (AvgIpc) is 3.75. The molecule has 3 unspecified atom stereocenters. The topological polar surface area (TPSA) is 101 Å². The summed E-state index contributed by atoms with van der Waals surface area (Å²) in [5, 5.41) is 3.71. The summed E-state index contributed by atoms with van der Waals surface area (Å²) in [7, 11) is 0. The van der Waals surface area contributed by atoms with Gasteiger partial charge in [-0.05, 0) is 79.6 Å². The van der Waals surface area contributed by atoms with E-state index in [9.17, 15) is 14.4 Å². The molecule has 0 aliphatic carbocycles. The average molecular weight is 584 g/mol. The van der Waals surface area contributed by atoms with Crippen LogP contribution < -0.4 is 21.3 Å². The SMILES string of the molecule is CCCn1c(=O)c2[nH]c(-c3ccc(OCCCC(=O)N4CC5CC4C(c4ccccc4C)N5)cc3)cc2n(CCC)c1=O. The Morgan fingerprint density at radius 1 is 1.00 bits per heavy atom. The van der Waals surface area contributed by atoms with Crippen molar-refractivity contribution in [1.82, 2.24) is 24.3 Å². The van der Waals surface area contributed by atoms with Gasteiger partial charge < -0.3 is 19.9 Å². The van der Waals surface area contributed by atoms with Gasteiger partial charge >= 0.3 is 5.69 Å². The third-order valence-electron chi connectivity index (χ3n) is 8.86. The molecule has 6 rings (SSSR count). The summed E-state index contributed by atoms with van der Waals surface area (Å²) in [6.07, 6.45) is 3.63. The minimum Gasteiger partial charge on any atom is -0.494 e. The first kappa shape index (κ1) is 29.0. The standard InChI is InChI=1S/C34H41N5O4/c1-4-16-37-29-20-27(36-32(29)33(41)38(17-5-2)34(37)42)23-12-14-25(15-13-23)43-18-8-11-30(40)39-21-24-19-28(39)31(35-24)26-10-7-6-9-22(26)3/h6-7,9-10,12-15,20,24,28,31,35-36H,4-5,8,11,16-19,21H2,1-3H3. The van der Waals surface area contributed by atoms with E-state index in [1.54, 1.807) is 4.57 Å². The maximum absolute atomic E-state index is 13.1. The monoisotopic (exact) mass is 583 g/mol. The number of aryl methyl sites for hydroxylation is 2. The molecule has 2 aromatic heterocycles. The second-order valence-electron chi connectivity index (χ2n) is 11.9. The first-order chi connectivity index (χ1) is 20.9. The van der Waals surface area contributed by atoms with Crippen LogP contribution in [0.3, 0.4) is 0 Å². The highest BCUT2D eigenvalue weighted by atomic mass is 16.5. The molecule has 226 valence electrons. The first-order valence-corrected chi connectivity index (χ1v) is 15.6. The third kappa shape index (κ3) is 5.54. The maximum Gasteiger partial charge on any atom is 0.331 e. The first-order valence-electron chi connectivity index (χ1n) is 15.6. The minimum absolute atomic E-state index is 0.199. The number of aromatic nitrogens is 3. The number of carbonyl (C=O) groups is 1. The Morgan fingerprint density at radius 2 is 1.74 bits per heavy atom. The molecule has 3 atom stereocenters. The number of aromatic amines is 1. The highest BCUT2D eigenvalue weighted by Gasteiger charge is 2.47. The van der Waals surface area contributed by atoms with Crippen LogP contribution in [0.5, 0.6) is 5.75 Å². The van der Waals surface area contributed by atoms with E-state index in [0.29, 0.717) is 56.0 Å². The molecule has 2 aliphatic heterocycles. The Labute approximate surface area is 251 Å². The smallest absolute Gasteiger partial charge is 0.331 e. The number of nitrogens with one attached hydrogen (secondary N) is 2. The van der Waals surface area contributed by atoms with Crippen molar-refractivity contribution < 1.29 is 9.53 Å². The number of likely N-dealkylation sites (tertiary alicyclic amines) is 1. The van der Waals surface area contributed by atoms with Crippen molar-refractivity contribution in [2.45, 2.75) is 84.1 Å². The lowest BCUT2D eigenvalue weighted by Gasteiger charge is -2.35. The van der Waals surface area contributed by atoms with Crippen molar-refractivity contribution in [3.8, 4) is 17.0 Å². The minimum atomic E-state index is -0.279. The number of hydrogen-bond acceptors (Lipinski definition) is 5. The number of piperazine rings is 1. The zero-order chi connectivity index (χ0) is 30.1. The molecule has 9 nitrogen and oxygen atoms in total. The molecule has 0 radical (unpaired) electrons. The van der Waals surface area contributed by atoms with Crippen LogP contribution in [0.2, 0.25) is 0 Å². The molecule has 0 spiro atoms. The van der Waals surface area contributed by atoms with Gasteiger partial charge in [0.15, 0.2) is 0 Å². The Hall–Kier alpha value is -4.11. The van der Waals surface area contributed by atoms with Crippen molar-refractivity contribution in [1.29, 1.82) is 0 Å². The lowest BCUT2D eigenvalue weighted by molar-refractivity contribution is -0.133. The zero-order valence-corrected chi connectivity index (χ0v) is 25.3. The number of nitrogens with zero attached hydrogens (tertiary/aromatic N) is 3. The molecule has 2 fully saturated rings. The van der Waals surface area contributed by atoms with Gasteiger partial charge in [-0.3, -0.25) is 18.7 Å². The molecule has 1 amide bonds. The zero-order valence-electron chi connectivity index (χ0n) is 25.3. The molecule has 43 heavy (non-hydrogen) atoms. The fourth-order valence-corrected chi connectivity index (χ4v) is 6.78. The number of benzene rings is 2. The van der Waals surface area contributed by atoms with E-state index < -0.39 is 0 Å². The van der Waals surface area contributed by atoms with Crippen LogP contribution in [-0.4, -0.2) is 50.2 Å². The van der Waals surface area contributed by atoms with Crippen LogP contribution in [0.4, 0.5) is 0 Å². The van der Waals surface area contributed by atoms with Crippen LogP contribution in [0, 0.1) is 6.92 Å². The van der Waals surface area contributed by atoms with Gasteiger partial charge in [-0.25, -0.2) is 4.79 Å². The summed E-state index contributed by atoms with van der Waals surface area (Å²) in [5.74, 6) is 0.925. The molecule has 0 saturated carbocycles. The van der Waals surface area contributed by atoms with Crippen molar-refractivity contribution in [2.24, 2.45) is 0 Å². The van der Waals surface area contributed by atoms with Crippen LogP contribution >= 0.6 is 0 Å². The Morgan fingerprint density at radius 3 is 2.47 bits per heavy atom. The van der Waals surface area contributed by atoms with Gasteiger partial charge in [0.05, 0.1) is 24.2 Å². The van der Waals surface area contributed by atoms with Crippen LogP contribution in [-0.2, 0) is 17.9 Å². The summed E-state index contributed by atoms with van der Waals surface area (Å²) in [4.78, 5) is 44.6. The van der Waals surface area contributed by atoms with E-state index in [1.807, 2.05) is 44.2 Å². The molecular formula is C34H41N5O4. The molecule has 2 aliphatic rings. The summed E-state index contributed by atoms with van der Waals surface area (Å²) in [6, 6.07) is 18.8. The number of hydrogen-bond donors (Lipinski definition) is 2. The fraction of sp³-hybridized carbons (Fsp3) is 0.441. The van der Waals surface area contributed by atoms with E-state index in [4.69, 9.17) is 4.74 Å². The van der Waals surface area contributed by atoms with E-state index >= 15 is 0 Å². The van der Waals surface area contributed by atoms with Gasteiger partial charge in [-0.15, -0.1) is 0 Å². The van der Waals surface area contributed by atoms with Gasteiger partial charge in [0.1, 0.15) is 11.3 Å². The molecule has 2 bridgehead atoms. The van der Waals surface area contributed by atoms with E-state index in [-0.39, 0.29) is 29.2 Å². The summed E-state index contributed by atoms with van der Waals surface area (Å²) >= 11 is 0. The quantitative estimate of drug-likeness (QED) is 0.248. The number of amides is 1. The van der Waals surface area contributed by atoms with E-state index in [2.05, 4.69) is 46.4 Å². The number of carbonyl (C=O) groups excluding carboxylic acids is 1. The van der Waals surface area contributed by atoms with Crippen LogP contribution in [0.25, 0.3) is 22.3 Å². The Bertz CT molecular complexity index is 1730. The summed E-state index contributed by atoms with van der Waals surface area (Å²) in [5.41, 5.74) is 4.78. The fourth-order valence-electron chi connectivity index (χ4n) is 6.78. The van der Waals surface area contributed by atoms with Crippen molar-refractivity contribution in [3.63, 3.8) is 0 Å². The molecule has 9 heteroatoms. The molecular weight excluding hydrogens is 542 g/mol. The lowest BCUT2D eigenvalue weighted by Crippen LogP contribution is -2.48. The van der Waals surface area contributed by atoms with Crippen LogP contribution in [0.15, 0.2) is 64.2 Å². The largest absolute Gasteiger partial charge is 0.494 e. The predicted molar refractivity (Wildman–Crippen MR) is 169 cm³/mol. The van der Waals surface area contributed by atoms with Crippen LogP contribution in [0.1, 0.15) is 63.1 Å². The predicted octanol–water partition coefficient (Wildman–Crippen LogP) is 4.76. The van der Waals surface area contributed by atoms with Gasteiger partial charge in [0, 0.05) is 37.8 Å². The molecule has 4 aromatic rings. The maximum atomic E-state index is 13.1. The number of ether oxygens (including phenoxy) is 1. The van der Waals surface area contributed by atoms with Gasteiger partial charge in [0.25, 0.3) is 5.56 Å². The molecule has 2 N–H and O–H groups in total. The number of rotatable bonds is 11. The normalized spacial score (nSPS) is 19.4. The van der Waals surface area contributed by atoms with Crippen molar-refractivity contribution in [3.05, 3.63) is 86.6 Å². The Kier molecular flexibility index (Phi) is 8.25. The molecule has 2 aromatic carbocycles. The molecule has 2 saturated heterocycles. The summed E-state index contributed by atoms with van der Waals surface area (Å²) in [6.45, 7) is 8.30. The second kappa shape index (κ2) is 12.2. The van der Waals surface area contributed by atoms with E-state index in [1.165, 1.54) is 15.7 Å². The van der Waals surface area contributed by atoms with Crippen molar-refractivity contribution >= 4 is 16.9 Å². The second-order valence-corrected chi connectivity index (χ2v) is 11.9. The lowest BCUT2D eigenvalue weighted by atomic mass is 9.96. The Balaban J connectivity index is 1.07. The third-order valence-corrected chi connectivity index (χ3v) is 8.86. The van der Waals surface area contributed by atoms with Gasteiger partial charge in [0.2, 0.25) is 5.91 Å². The van der Waals surface area contributed by atoms with Gasteiger partial charge in [-0.2, -0.15) is 0 Å². The highest BCUT2D eigenvalue weighted by molar-refractivity contribution is 5.82. The highest BCUT2D eigenvalue weighted by Crippen LogP contribution is 2.38. The summed E-state index contributed by atoms with van der Waals surface area (Å²) < 4.78 is 8.99. The molecule has 4 heterocycles. The van der Waals surface area contributed by atoms with E-state index in [0.717, 1.165) is 36.4 Å². The van der Waals surface area contributed by atoms with Crippen molar-refractivity contribution in [2.75, 3.05) is 13.2 Å².